The van der Waals surface area contributed by atoms with Crippen molar-refractivity contribution in [3.63, 3.8) is 0 Å². The van der Waals surface area contributed by atoms with Crippen molar-refractivity contribution in [3.8, 4) is 11.5 Å². The van der Waals surface area contributed by atoms with Crippen molar-refractivity contribution < 1.29 is 24.1 Å². The van der Waals surface area contributed by atoms with Gasteiger partial charge >= 0.3 is 5.97 Å². The molecule has 22 heavy (non-hydrogen) atoms. The van der Waals surface area contributed by atoms with Crippen LogP contribution in [0.4, 0.5) is 0 Å². The first-order valence-corrected chi connectivity index (χ1v) is 8.28. The van der Waals surface area contributed by atoms with Crippen molar-refractivity contribution >= 4 is 21.9 Å². The lowest BCUT2D eigenvalue weighted by molar-refractivity contribution is -0.153. The van der Waals surface area contributed by atoms with Crippen molar-refractivity contribution in [2.24, 2.45) is 0 Å². The maximum atomic E-state index is 12.0. The smallest absolute Gasteiger partial charge is 0.339 e. The van der Waals surface area contributed by atoms with E-state index in [9.17, 15) is 9.90 Å². The highest BCUT2D eigenvalue weighted by Crippen LogP contribution is 2.51. The zero-order valence-electron chi connectivity index (χ0n) is 12.8. The molecule has 0 radical (unpaired) electrons. The van der Waals surface area contributed by atoms with E-state index in [-0.39, 0.29) is 18.8 Å². The fraction of sp³-hybridized carbons (Fsp3) is 0.562. The zero-order chi connectivity index (χ0) is 16.0. The molecule has 0 bridgehead atoms. The van der Waals surface area contributed by atoms with Gasteiger partial charge in [0.2, 0.25) is 0 Å². The second kappa shape index (κ2) is 5.74. The van der Waals surface area contributed by atoms with Crippen LogP contribution in [0.2, 0.25) is 0 Å². The number of carbonyl (C=O) groups is 1. The molecule has 1 N–H and O–H groups in total. The maximum Gasteiger partial charge on any atom is 0.339 e. The molecule has 3 unspecified atom stereocenters. The molecular formula is C16H19BrO5. The number of esters is 1. The van der Waals surface area contributed by atoms with E-state index < -0.39 is 12.1 Å². The average Bonchev–Trinajstić information content (AvgIpc) is 3.02. The Kier molecular flexibility index (Phi) is 4.07. The van der Waals surface area contributed by atoms with Gasteiger partial charge < -0.3 is 19.3 Å². The number of ether oxygens (including phenoxy) is 3. The summed E-state index contributed by atoms with van der Waals surface area (Å²) in [4.78, 5) is 12.0. The van der Waals surface area contributed by atoms with Crippen LogP contribution >= 0.6 is 15.9 Å². The molecule has 2 aliphatic rings. The van der Waals surface area contributed by atoms with E-state index >= 15 is 0 Å². The predicted octanol–water partition coefficient (Wildman–Crippen LogP) is 2.69. The summed E-state index contributed by atoms with van der Waals surface area (Å²) >= 11 is 3.59. The first-order valence-electron chi connectivity index (χ1n) is 7.49. The van der Waals surface area contributed by atoms with E-state index in [4.69, 9.17) is 14.2 Å². The highest BCUT2D eigenvalue weighted by molar-refractivity contribution is 9.10. The number of benzene rings is 1. The number of aliphatic hydroxyl groups is 1. The molecule has 6 heteroatoms. The van der Waals surface area contributed by atoms with Gasteiger partial charge in [-0.1, -0.05) is 0 Å². The summed E-state index contributed by atoms with van der Waals surface area (Å²) in [6.07, 6.45) is -0.0117. The van der Waals surface area contributed by atoms with Crippen LogP contribution in [-0.2, 0) is 22.4 Å². The van der Waals surface area contributed by atoms with Crippen molar-refractivity contribution in [2.75, 3.05) is 6.61 Å². The van der Waals surface area contributed by atoms with Crippen LogP contribution in [0.25, 0.3) is 0 Å². The van der Waals surface area contributed by atoms with Crippen LogP contribution in [-0.4, -0.2) is 29.9 Å². The van der Waals surface area contributed by atoms with Gasteiger partial charge in [0, 0.05) is 29.5 Å². The van der Waals surface area contributed by atoms with E-state index in [2.05, 4.69) is 15.9 Å². The van der Waals surface area contributed by atoms with Gasteiger partial charge in [-0.05, 0) is 36.7 Å². The molecule has 0 aromatic heterocycles. The Labute approximate surface area is 137 Å². The van der Waals surface area contributed by atoms with E-state index in [1.165, 1.54) is 0 Å². The quantitative estimate of drug-likeness (QED) is 0.828. The van der Waals surface area contributed by atoms with E-state index in [1.807, 2.05) is 13.8 Å². The van der Waals surface area contributed by atoms with Gasteiger partial charge in [0.1, 0.15) is 23.7 Å². The minimum atomic E-state index is -1.35. The number of carbonyl (C=O) groups excluding carboxylic acids is 1. The van der Waals surface area contributed by atoms with Gasteiger partial charge in [-0.15, -0.1) is 0 Å². The van der Waals surface area contributed by atoms with Crippen LogP contribution < -0.4 is 9.47 Å². The summed E-state index contributed by atoms with van der Waals surface area (Å²) in [7, 11) is 0. The van der Waals surface area contributed by atoms with Gasteiger partial charge in [-0.2, -0.15) is 0 Å². The third-order valence-corrected chi connectivity index (χ3v) is 4.83. The number of aliphatic hydroxyl groups excluding tert-OH is 1. The van der Waals surface area contributed by atoms with Crippen molar-refractivity contribution in [1.82, 2.24) is 0 Å². The fourth-order valence-electron chi connectivity index (χ4n) is 3.12. The molecule has 0 aliphatic carbocycles. The van der Waals surface area contributed by atoms with Crippen LogP contribution in [0.15, 0.2) is 4.47 Å². The summed E-state index contributed by atoms with van der Waals surface area (Å²) in [5.41, 5.74) is 2.27. The third kappa shape index (κ3) is 2.38. The zero-order valence-corrected chi connectivity index (χ0v) is 14.4. The van der Waals surface area contributed by atoms with Crippen LogP contribution in [0.3, 0.4) is 0 Å². The summed E-state index contributed by atoms with van der Waals surface area (Å²) in [5.74, 6) is 0.649. The van der Waals surface area contributed by atoms with Gasteiger partial charge in [-0.3, -0.25) is 0 Å². The number of fused-ring (bicyclic) bond motifs is 2. The minimum absolute atomic E-state index is 0.000560. The number of hydrogen-bond donors (Lipinski definition) is 1. The van der Waals surface area contributed by atoms with Gasteiger partial charge in [0.25, 0.3) is 0 Å². The van der Waals surface area contributed by atoms with Gasteiger partial charge in [0.05, 0.1) is 11.1 Å². The standard InChI is InChI=1S/C16H19BrO5/c1-4-20-16(19)13(18)11-9-5-7(2)22-15(9)12(17)10-6-8(3)21-14(10)11/h7-8,13,18H,4-6H2,1-3H3. The topological polar surface area (TPSA) is 65.0 Å². The average molecular weight is 371 g/mol. The fourth-order valence-corrected chi connectivity index (χ4v) is 3.80. The molecule has 0 saturated heterocycles. The molecule has 3 rings (SSSR count). The lowest BCUT2D eigenvalue weighted by Gasteiger charge is -2.18. The Bertz CT molecular complexity index is 588. The van der Waals surface area contributed by atoms with Crippen LogP contribution in [0, 0.1) is 0 Å². The summed E-state index contributed by atoms with van der Waals surface area (Å²) in [6, 6.07) is 0. The minimum Gasteiger partial charge on any atom is -0.490 e. The third-order valence-electron chi connectivity index (χ3n) is 3.99. The van der Waals surface area contributed by atoms with Crippen LogP contribution in [0.1, 0.15) is 43.6 Å². The molecule has 0 saturated carbocycles. The SMILES string of the molecule is CCOC(=O)C(O)c1c2c(c(Br)c3c1OC(C)C3)OC(C)C2. The predicted molar refractivity (Wildman–Crippen MR) is 83.3 cm³/mol. The Morgan fingerprint density at radius 1 is 1.27 bits per heavy atom. The monoisotopic (exact) mass is 370 g/mol. The Morgan fingerprint density at radius 2 is 1.86 bits per heavy atom. The Balaban J connectivity index is 2.15. The molecule has 0 fully saturated rings. The first-order chi connectivity index (χ1) is 10.4. The van der Waals surface area contributed by atoms with E-state index in [0.29, 0.717) is 29.9 Å². The van der Waals surface area contributed by atoms with Crippen molar-refractivity contribution in [1.29, 1.82) is 0 Å². The van der Waals surface area contributed by atoms with E-state index in [0.717, 1.165) is 15.6 Å². The lowest BCUT2D eigenvalue weighted by atomic mass is 9.94. The highest BCUT2D eigenvalue weighted by atomic mass is 79.9. The summed E-state index contributed by atoms with van der Waals surface area (Å²) < 4.78 is 17.6. The second-order valence-electron chi connectivity index (χ2n) is 5.76. The molecule has 1 aromatic carbocycles. The second-order valence-corrected chi connectivity index (χ2v) is 6.56. The normalized spacial score (nSPS) is 23.3. The van der Waals surface area contributed by atoms with Gasteiger partial charge in [0.15, 0.2) is 6.10 Å². The van der Waals surface area contributed by atoms with Crippen molar-refractivity contribution in [2.45, 2.75) is 51.9 Å². The molecule has 1 aromatic rings. The van der Waals surface area contributed by atoms with E-state index in [1.54, 1.807) is 6.92 Å². The Hall–Kier alpha value is -1.27. The summed E-state index contributed by atoms with van der Waals surface area (Å²) in [6.45, 7) is 5.86. The van der Waals surface area contributed by atoms with Crippen LogP contribution in [0.5, 0.6) is 11.5 Å². The molecule has 5 nitrogen and oxygen atoms in total. The van der Waals surface area contributed by atoms with Crippen molar-refractivity contribution in [3.05, 3.63) is 21.2 Å². The molecule has 0 spiro atoms. The highest BCUT2D eigenvalue weighted by Gasteiger charge is 2.39. The molecular weight excluding hydrogens is 352 g/mol. The summed E-state index contributed by atoms with van der Waals surface area (Å²) in [5, 5.41) is 10.5. The maximum absolute atomic E-state index is 12.0. The number of rotatable bonds is 3. The lowest BCUT2D eigenvalue weighted by Crippen LogP contribution is -2.18. The number of halogens is 1. The molecule has 3 atom stereocenters. The number of hydrogen-bond acceptors (Lipinski definition) is 5. The molecule has 2 aliphatic heterocycles. The molecule has 2 heterocycles. The largest absolute Gasteiger partial charge is 0.490 e. The first kappa shape index (κ1) is 15.6. The molecule has 0 amide bonds. The Morgan fingerprint density at radius 3 is 2.50 bits per heavy atom. The van der Waals surface area contributed by atoms with Gasteiger partial charge in [-0.25, -0.2) is 4.79 Å². The molecule has 120 valence electrons.